The molecule has 0 bridgehead atoms. The van der Waals surface area contributed by atoms with E-state index in [1.807, 2.05) is 37.3 Å². The van der Waals surface area contributed by atoms with Gasteiger partial charge in [0.25, 0.3) is 0 Å². The third-order valence-electron chi connectivity index (χ3n) is 6.38. The number of hydrogen-bond donors (Lipinski definition) is 1. The third kappa shape index (κ3) is 3.35. The summed E-state index contributed by atoms with van der Waals surface area (Å²) in [6.45, 7) is 4.33. The number of Topliss-reactive ketones (excluding diaryl/α,β-unsaturated/α-hetero) is 1. The smallest absolute Gasteiger partial charge is 0.222 e. The highest BCUT2D eigenvalue weighted by Crippen LogP contribution is 2.41. The largest absolute Gasteiger partial charge is 0.465 e. The summed E-state index contributed by atoms with van der Waals surface area (Å²) in [7, 11) is 0. The van der Waals surface area contributed by atoms with Crippen molar-refractivity contribution < 1.29 is 14.0 Å². The molecule has 5 rings (SSSR count). The van der Waals surface area contributed by atoms with E-state index < -0.39 is 0 Å². The maximum atomic E-state index is 13.0. The van der Waals surface area contributed by atoms with Gasteiger partial charge in [0.05, 0.1) is 19.1 Å². The van der Waals surface area contributed by atoms with E-state index >= 15 is 0 Å². The van der Waals surface area contributed by atoms with Crippen LogP contribution in [0.1, 0.15) is 59.3 Å². The summed E-state index contributed by atoms with van der Waals surface area (Å²) in [5.41, 5.74) is 3.04. The Kier molecular flexibility index (Phi) is 4.95. The summed E-state index contributed by atoms with van der Waals surface area (Å²) < 4.78 is 7.75. The predicted octanol–water partition coefficient (Wildman–Crippen LogP) is 3.97. The van der Waals surface area contributed by atoms with E-state index in [1.54, 1.807) is 0 Å². The number of ketones is 1. The Morgan fingerprint density at radius 1 is 1.20 bits per heavy atom. The van der Waals surface area contributed by atoms with E-state index in [9.17, 15) is 9.59 Å². The zero-order valence-corrected chi connectivity index (χ0v) is 17.3. The lowest BCUT2D eigenvalue weighted by atomic mass is 9.90. The van der Waals surface area contributed by atoms with Crippen LogP contribution in [0, 0.1) is 6.92 Å². The standard InChI is InChI=1S/C24H27N3O3/c1-16-9-10-17(30-16)14-25-22(29)11-13-27-19-7-3-2-6-18(19)23-21(28)15-26-12-5-4-8-20(26)24(23)27/h2-3,6-7,9-10,20H,4-5,8,11-15H2,1H3,(H,25,29). The first-order valence-corrected chi connectivity index (χ1v) is 10.8. The number of amides is 1. The molecule has 6 heteroatoms. The van der Waals surface area contributed by atoms with Gasteiger partial charge >= 0.3 is 0 Å². The van der Waals surface area contributed by atoms with Crippen molar-refractivity contribution in [3.8, 4) is 0 Å². The van der Waals surface area contributed by atoms with Crippen LogP contribution in [0.4, 0.5) is 0 Å². The number of benzene rings is 1. The number of aromatic nitrogens is 1. The second-order valence-electron chi connectivity index (χ2n) is 8.37. The molecule has 4 heterocycles. The summed E-state index contributed by atoms with van der Waals surface area (Å²) in [6.07, 6.45) is 3.76. The van der Waals surface area contributed by atoms with E-state index in [0.29, 0.717) is 26.1 Å². The molecule has 0 radical (unpaired) electrons. The zero-order valence-electron chi connectivity index (χ0n) is 17.3. The van der Waals surface area contributed by atoms with Crippen molar-refractivity contribution in [3.63, 3.8) is 0 Å². The molecule has 2 aliphatic heterocycles. The number of carbonyl (C=O) groups is 2. The number of rotatable bonds is 5. The minimum Gasteiger partial charge on any atom is -0.465 e. The van der Waals surface area contributed by atoms with Gasteiger partial charge in [0.1, 0.15) is 11.5 Å². The maximum absolute atomic E-state index is 13.0. The molecule has 3 aromatic rings. The molecule has 1 fully saturated rings. The van der Waals surface area contributed by atoms with Gasteiger partial charge in [-0.1, -0.05) is 24.6 Å². The lowest BCUT2D eigenvalue weighted by molar-refractivity contribution is -0.121. The molecule has 156 valence electrons. The van der Waals surface area contributed by atoms with Gasteiger partial charge in [-0.2, -0.15) is 0 Å². The SMILES string of the molecule is Cc1ccc(CNC(=O)CCn2c3c(c4ccccc42)C(=O)CN2CCCCC32)o1. The van der Waals surface area contributed by atoms with Gasteiger partial charge < -0.3 is 14.3 Å². The van der Waals surface area contributed by atoms with Crippen LogP contribution < -0.4 is 5.32 Å². The average molecular weight is 405 g/mol. The summed E-state index contributed by atoms with van der Waals surface area (Å²) in [5, 5.41) is 3.97. The number of carbonyl (C=O) groups excluding carboxylic acids is 2. The molecule has 0 aliphatic carbocycles. The van der Waals surface area contributed by atoms with E-state index in [1.165, 1.54) is 6.42 Å². The Morgan fingerprint density at radius 2 is 2.07 bits per heavy atom. The number of nitrogens with zero attached hydrogens (tertiary/aromatic N) is 2. The molecule has 1 amide bonds. The van der Waals surface area contributed by atoms with E-state index in [0.717, 1.165) is 53.1 Å². The van der Waals surface area contributed by atoms with Gasteiger partial charge in [-0.05, 0) is 44.5 Å². The Labute approximate surface area is 175 Å². The van der Waals surface area contributed by atoms with Crippen LogP contribution >= 0.6 is 0 Å². The number of furan rings is 1. The minimum atomic E-state index is -0.0155. The maximum Gasteiger partial charge on any atom is 0.222 e. The van der Waals surface area contributed by atoms with Gasteiger partial charge in [-0.3, -0.25) is 14.5 Å². The van der Waals surface area contributed by atoms with Crippen LogP contribution in [0.25, 0.3) is 10.9 Å². The van der Waals surface area contributed by atoms with Crippen molar-refractivity contribution >= 4 is 22.6 Å². The molecule has 2 aromatic heterocycles. The lowest BCUT2D eigenvalue weighted by Gasteiger charge is -2.39. The van der Waals surface area contributed by atoms with E-state index in [2.05, 4.69) is 20.9 Å². The Hall–Kier alpha value is -2.86. The molecule has 0 spiro atoms. The van der Waals surface area contributed by atoms with Crippen molar-refractivity contribution in [1.29, 1.82) is 0 Å². The van der Waals surface area contributed by atoms with Crippen molar-refractivity contribution in [2.75, 3.05) is 13.1 Å². The molecular formula is C24H27N3O3. The third-order valence-corrected chi connectivity index (χ3v) is 6.38. The van der Waals surface area contributed by atoms with E-state index in [-0.39, 0.29) is 17.7 Å². The number of nitrogens with one attached hydrogen (secondary N) is 1. The fourth-order valence-corrected chi connectivity index (χ4v) is 5.02. The normalized spacial score (nSPS) is 19.0. The molecule has 0 saturated carbocycles. The molecule has 30 heavy (non-hydrogen) atoms. The van der Waals surface area contributed by atoms with Gasteiger partial charge in [-0.25, -0.2) is 0 Å². The fourth-order valence-electron chi connectivity index (χ4n) is 5.02. The second kappa shape index (κ2) is 7.76. The van der Waals surface area contributed by atoms with Crippen molar-refractivity contribution in [2.24, 2.45) is 0 Å². The van der Waals surface area contributed by atoms with Gasteiger partial charge in [-0.15, -0.1) is 0 Å². The monoisotopic (exact) mass is 405 g/mol. The van der Waals surface area contributed by atoms with Crippen molar-refractivity contribution in [3.05, 3.63) is 59.2 Å². The average Bonchev–Trinajstić information content (AvgIpc) is 3.32. The molecule has 2 aliphatic rings. The lowest BCUT2D eigenvalue weighted by Crippen LogP contribution is -2.42. The van der Waals surface area contributed by atoms with Crippen molar-refractivity contribution in [2.45, 2.75) is 51.7 Å². The zero-order chi connectivity index (χ0) is 20.7. The molecule has 1 aromatic carbocycles. The molecule has 1 saturated heterocycles. The first kappa shape index (κ1) is 19.1. The van der Waals surface area contributed by atoms with Gasteiger partial charge in [0.2, 0.25) is 5.91 Å². The van der Waals surface area contributed by atoms with Crippen LogP contribution in [0.3, 0.4) is 0 Å². The highest BCUT2D eigenvalue weighted by Gasteiger charge is 2.38. The molecule has 1 atom stereocenters. The Morgan fingerprint density at radius 3 is 2.90 bits per heavy atom. The van der Waals surface area contributed by atoms with Crippen LogP contribution in [-0.2, 0) is 17.9 Å². The van der Waals surface area contributed by atoms with Gasteiger partial charge in [0.15, 0.2) is 5.78 Å². The Balaban J connectivity index is 1.41. The van der Waals surface area contributed by atoms with Crippen LogP contribution in [-0.4, -0.2) is 34.2 Å². The summed E-state index contributed by atoms with van der Waals surface area (Å²) in [5.74, 6) is 1.79. The fraction of sp³-hybridized carbons (Fsp3) is 0.417. The summed E-state index contributed by atoms with van der Waals surface area (Å²) >= 11 is 0. The highest BCUT2D eigenvalue weighted by molar-refractivity contribution is 6.11. The summed E-state index contributed by atoms with van der Waals surface area (Å²) in [6, 6.07) is 12.2. The molecule has 1 N–H and O–H groups in total. The second-order valence-corrected chi connectivity index (χ2v) is 8.37. The number of fused-ring (bicyclic) bond motifs is 5. The van der Waals surface area contributed by atoms with E-state index in [4.69, 9.17) is 4.42 Å². The highest BCUT2D eigenvalue weighted by atomic mass is 16.3. The molecule has 1 unspecified atom stereocenters. The van der Waals surface area contributed by atoms with Crippen LogP contribution in [0.5, 0.6) is 0 Å². The Bertz CT molecular complexity index is 1110. The van der Waals surface area contributed by atoms with Crippen LogP contribution in [0.2, 0.25) is 0 Å². The first-order chi connectivity index (χ1) is 14.6. The summed E-state index contributed by atoms with van der Waals surface area (Å²) in [4.78, 5) is 27.9. The number of hydrogen-bond acceptors (Lipinski definition) is 4. The first-order valence-electron chi connectivity index (χ1n) is 10.8. The number of aryl methyl sites for hydroxylation is 2. The number of para-hydroxylation sites is 1. The molecular weight excluding hydrogens is 378 g/mol. The quantitative estimate of drug-likeness (QED) is 0.697. The molecule has 6 nitrogen and oxygen atoms in total. The van der Waals surface area contributed by atoms with Crippen LogP contribution in [0.15, 0.2) is 40.8 Å². The minimum absolute atomic E-state index is 0.0155. The van der Waals surface area contributed by atoms with Crippen molar-refractivity contribution in [1.82, 2.24) is 14.8 Å². The number of piperidine rings is 1. The van der Waals surface area contributed by atoms with Gasteiger partial charge in [0, 0.05) is 35.1 Å². The topological polar surface area (TPSA) is 67.5 Å². The predicted molar refractivity (Wildman–Crippen MR) is 114 cm³/mol.